The Kier molecular flexibility index (Phi) is 5.24. The second kappa shape index (κ2) is 7.58. The maximum absolute atomic E-state index is 9.42. The third kappa shape index (κ3) is 3.70. The first-order valence-electron chi connectivity index (χ1n) is 8.74. The maximum atomic E-state index is 9.42. The molecule has 1 fully saturated rings. The summed E-state index contributed by atoms with van der Waals surface area (Å²) < 4.78 is 5.53. The van der Waals surface area contributed by atoms with Gasteiger partial charge >= 0.3 is 0 Å². The van der Waals surface area contributed by atoms with Crippen LogP contribution in [0.5, 0.6) is 5.75 Å². The van der Waals surface area contributed by atoms with Gasteiger partial charge in [-0.3, -0.25) is 4.90 Å². The first kappa shape index (κ1) is 18.0. The lowest BCUT2D eigenvalue weighted by atomic mass is 9.98. The Hall–Kier alpha value is -2.85. The fourth-order valence-corrected chi connectivity index (χ4v) is 3.33. The molecule has 4 N–H and O–H groups in total. The molecule has 3 rings (SSSR count). The molecule has 1 aliphatic rings. The van der Waals surface area contributed by atoms with Crippen LogP contribution in [0.15, 0.2) is 18.2 Å². The first-order valence-corrected chi connectivity index (χ1v) is 8.74. The molecule has 1 aromatic carbocycles. The Morgan fingerprint density at radius 3 is 2.65 bits per heavy atom. The Labute approximate surface area is 153 Å². The number of ether oxygens (including phenoxy) is 1. The van der Waals surface area contributed by atoms with Crippen molar-refractivity contribution in [1.29, 1.82) is 5.26 Å². The van der Waals surface area contributed by atoms with E-state index in [2.05, 4.69) is 27.9 Å². The quantitative estimate of drug-likeness (QED) is 0.868. The van der Waals surface area contributed by atoms with E-state index in [0.717, 1.165) is 42.4 Å². The van der Waals surface area contributed by atoms with E-state index in [0.29, 0.717) is 5.69 Å². The van der Waals surface area contributed by atoms with Crippen molar-refractivity contribution in [1.82, 2.24) is 14.9 Å². The van der Waals surface area contributed by atoms with Crippen molar-refractivity contribution in [3.05, 3.63) is 29.3 Å². The third-order valence-corrected chi connectivity index (χ3v) is 4.89. The van der Waals surface area contributed by atoms with Crippen LogP contribution in [0, 0.1) is 17.2 Å². The Morgan fingerprint density at radius 2 is 2.00 bits per heavy atom. The van der Waals surface area contributed by atoms with Crippen LogP contribution in [0.25, 0.3) is 11.3 Å². The number of rotatable bonds is 4. The van der Waals surface area contributed by atoms with Crippen molar-refractivity contribution in [2.24, 2.45) is 5.92 Å². The number of nitrogen functional groups attached to an aromatic ring is 2. The predicted molar refractivity (Wildman–Crippen MR) is 101 cm³/mol. The number of piperidine rings is 1. The van der Waals surface area contributed by atoms with E-state index < -0.39 is 0 Å². The van der Waals surface area contributed by atoms with Gasteiger partial charge in [0.25, 0.3) is 0 Å². The van der Waals surface area contributed by atoms with E-state index in [1.54, 1.807) is 7.11 Å². The van der Waals surface area contributed by atoms with Crippen LogP contribution in [-0.4, -0.2) is 35.1 Å². The van der Waals surface area contributed by atoms with Crippen LogP contribution in [0.3, 0.4) is 0 Å². The highest BCUT2D eigenvalue weighted by Gasteiger charge is 2.19. The molecule has 1 saturated heterocycles. The fraction of sp³-hybridized carbons (Fsp3) is 0.421. The van der Waals surface area contributed by atoms with E-state index in [1.165, 1.54) is 12.8 Å². The minimum Gasteiger partial charge on any atom is -0.496 e. The van der Waals surface area contributed by atoms with Crippen molar-refractivity contribution in [2.75, 3.05) is 31.7 Å². The van der Waals surface area contributed by atoms with Crippen molar-refractivity contribution in [2.45, 2.75) is 26.3 Å². The van der Waals surface area contributed by atoms with Gasteiger partial charge in [-0.2, -0.15) is 10.2 Å². The number of anilines is 2. The summed E-state index contributed by atoms with van der Waals surface area (Å²) in [5.74, 6) is 1.75. The van der Waals surface area contributed by atoms with Crippen molar-refractivity contribution < 1.29 is 4.74 Å². The number of benzene rings is 1. The molecule has 0 radical (unpaired) electrons. The lowest BCUT2D eigenvalue weighted by Crippen LogP contribution is -2.32. The number of hydrogen-bond donors (Lipinski definition) is 2. The topological polar surface area (TPSA) is 114 Å². The smallest absolute Gasteiger partial charge is 0.222 e. The highest BCUT2D eigenvalue weighted by Crippen LogP contribution is 2.31. The van der Waals surface area contributed by atoms with Crippen LogP contribution in [0.2, 0.25) is 0 Å². The minimum atomic E-state index is 0.0545. The molecular weight excluding hydrogens is 328 g/mol. The summed E-state index contributed by atoms with van der Waals surface area (Å²) in [6, 6.07) is 7.84. The normalized spacial score (nSPS) is 15.6. The van der Waals surface area contributed by atoms with E-state index in [-0.39, 0.29) is 17.3 Å². The number of nitrogens with zero attached hydrogens (tertiary/aromatic N) is 4. The van der Waals surface area contributed by atoms with Gasteiger partial charge in [0.05, 0.1) is 12.8 Å². The first-order chi connectivity index (χ1) is 12.5. The second-order valence-corrected chi connectivity index (χ2v) is 6.79. The van der Waals surface area contributed by atoms with Gasteiger partial charge in [-0.1, -0.05) is 6.92 Å². The summed E-state index contributed by atoms with van der Waals surface area (Å²) in [5.41, 5.74) is 14.1. The summed E-state index contributed by atoms with van der Waals surface area (Å²) in [6.07, 6.45) is 2.42. The highest BCUT2D eigenvalue weighted by molar-refractivity contribution is 5.74. The van der Waals surface area contributed by atoms with Crippen LogP contribution >= 0.6 is 0 Å². The Bertz CT molecular complexity index is 837. The lowest BCUT2D eigenvalue weighted by molar-refractivity contribution is 0.183. The molecule has 1 aliphatic heterocycles. The average molecular weight is 352 g/mol. The molecule has 7 heteroatoms. The molecule has 0 atom stereocenters. The standard InChI is InChI=1S/C19H24N6O/c1-12-5-7-25(8-6-12)11-14-9-13(3-4-16(14)26-2)17-15(10-20)18(21)24-19(22)23-17/h3-4,9,12H,5-8,11H2,1-2H3,(H4,21,22,23,24). The molecule has 1 aromatic heterocycles. The van der Waals surface area contributed by atoms with Crippen molar-refractivity contribution in [3.63, 3.8) is 0 Å². The van der Waals surface area contributed by atoms with E-state index in [1.807, 2.05) is 18.2 Å². The molecule has 2 heterocycles. The van der Waals surface area contributed by atoms with Crippen LogP contribution in [0.4, 0.5) is 11.8 Å². The number of methoxy groups -OCH3 is 1. The fourth-order valence-electron chi connectivity index (χ4n) is 3.33. The molecule has 0 aliphatic carbocycles. The molecule has 7 nitrogen and oxygen atoms in total. The van der Waals surface area contributed by atoms with Gasteiger partial charge < -0.3 is 16.2 Å². The van der Waals surface area contributed by atoms with Gasteiger partial charge in [0.2, 0.25) is 5.95 Å². The minimum absolute atomic E-state index is 0.0545. The lowest BCUT2D eigenvalue weighted by Gasteiger charge is -2.30. The molecule has 0 amide bonds. The molecule has 0 unspecified atom stereocenters. The molecule has 136 valence electrons. The van der Waals surface area contributed by atoms with E-state index in [4.69, 9.17) is 16.2 Å². The predicted octanol–water partition coefficient (Wildman–Crippen LogP) is 2.42. The third-order valence-electron chi connectivity index (χ3n) is 4.89. The van der Waals surface area contributed by atoms with Crippen molar-refractivity contribution >= 4 is 11.8 Å². The molecule has 2 aromatic rings. The summed E-state index contributed by atoms with van der Waals surface area (Å²) in [7, 11) is 1.66. The molecule has 0 spiro atoms. The summed E-state index contributed by atoms with van der Waals surface area (Å²) in [6.45, 7) is 5.24. The van der Waals surface area contributed by atoms with Gasteiger partial charge in [-0.05, 0) is 50.0 Å². The number of aromatic nitrogens is 2. The second-order valence-electron chi connectivity index (χ2n) is 6.79. The number of hydrogen-bond acceptors (Lipinski definition) is 7. The SMILES string of the molecule is COc1ccc(-c2nc(N)nc(N)c2C#N)cc1CN1CCC(C)CC1. The van der Waals surface area contributed by atoms with Crippen LogP contribution < -0.4 is 16.2 Å². The van der Waals surface area contributed by atoms with Gasteiger partial charge in [0.15, 0.2) is 0 Å². The largest absolute Gasteiger partial charge is 0.496 e. The highest BCUT2D eigenvalue weighted by atomic mass is 16.5. The van der Waals surface area contributed by atoms with Gasteiger partial charge in [0, 0.05) is 17.7 Å². The number of nitrogens with two attached hydrogens (primary N) is 2. The van der Waals surface area contributed by atoms with Crippen LogP contribution in [-0.2, 0) is 6.54 Å². The zero-order valence-electron chi connectivity index (χ0n) is 15.2. The Balaban J connectivity index is 1.97. The van der Waals surface area contributed by atoms with Crippen LogP contribution in [0.1, 0.15) is 30.9 Å². The molecule has 0 saturated carbocycles. The zero-order chi connectivity index (χ0) is 18.7. The van der Waals surface area contributed by atoms with E-state index in [9.17, 15) is 5.26 Å². The van der Waals surface area contributed by atoms with Crippen molar-refractivity contribution in [3.8, 4) is 23.1 Å². The van der Waals surface area contributed by atoms with E-state index >= 15 is 0 Å². The number of nitriles is 1. The zero-order valence-corrected chi connectivity index (χ0v) is 15.2. The summed E-state index contributed by atoms with van der Waals surface area (Å²) >= 11 is 0. The Morgan fingerprint density at radius 1 is 1.27 bits per heavy atom. The average Bonchev–Trinajstić information content (AvgIpc) is 2.63. The molecule has 0 bridgehead atoms. The van der Waals surface area contributed by atoms with Gasteiger partial charge in [0.1, 0.15) is 23.2 Å². The summed E-state index contributed by atoms with van der Waals surface area (Å²) in [4.78, 5) is 10.5. The number of likely N-dealkylation sites (tertiary alicyclic amines) is 1. The molecule has 26 heavy (non-hydrogen) atoms. The monoisotopic (exact) mass is 352 g/mol. The van der Waals surface area contributed by atoms with Gasteiger partial charge in [-0.15, -0.1) is 0 Å². The van der Waals surface area contributed by atoms with Gasteiger partial charge in [-0.25, -0.2) is 4.98 Å². The maximum Gasteiger partial charge on any atom is 0.222 e. The summed E-state index contributed by atoms with van der Waals surface area (Å²) in [5, 5.41) is 9.42. The molecular formula is C19H24N6O.